The number of nitrogens with zero attached hydrogens (tertiary/aromatic N) is 2. The van der Waals surface area contributed by atoms with Crippen LogP contribution in [0.5, 0.6) is 0 Å². The summed E-state index contributed by atoms with van der Waals surface area (Å²) >= 11 is 0. The van der Waals surface area contributed by atoms with Gasteiger partial charge in [-0.1, -0.05) is 0 Å². The van der Waals surface area contributed by atoms with Gasteiger partial charge in [0.1, 0.15) is 6.54 Å². The molecule has 1 saturated heterocycles. The highest BCUT2D eigenvalue weighted by Crippen LogP contribution is 2.18. The van der Waals surface area contributed by atoms with Crippen LogP contribution in [0.15, 0.2) is 0 Å². The fourth-order valence-electron chi connectivity index (χ4n) is 1.80. The van der Waals surface area contributed by atoms with E-state index in [-0.39, 0.29) is 18.5 Å². The first kappa shape index (κ1) is 12.2. The number of carbonyl (C=O) groups excluding carboxylic acids is 2. The summed E-state index contributed by atoms with van der Waals surface area (Å²) < 4.78 is 0. The lowest BCUT2D eigenvalue weighted by molar-refractivity contribution is -0.132. The van der Waals surface area contributed by atoms with Gasteiger partial charge >= 0.3 is 6.03 Å². The van der Waals surface area contributed by atoms with E-state index < -0.39 is 0 Å². The molecule has 1 saturated carbocycles. The standard InChI is InChI=1S/C11H20N4O2/c1-14(11(17)13-9-2-3-9)8-10(16)15-6-4-12-5-7-15/h9,12H,2-8H2,1H3,(H,13,17). The van der Waals surface area contributed by atoms with E-state index in [2.05, 4.69) is 10.6 Å². The van der Waals surface area contributed by atoms with Crippen molar-refractivity contribution >= 4 is 11.9 Å². The van der Waals surface area contributed by atoms with Crippen LogP contribution in [0.3, 0.4) is 0 Å². The van der Waals surface area contributed by atoms with Crippen molar-refractivity contribution in [1.29, 1.82) is 0 Å². The zero-order valence-corrected chi connectivity index (χ0v) is 10.2. The number of nitrogens with one attached hydrogen (secondary N) is 2. The Morgan fingerprint density at radius 2 is 2.00 bits per heavy atom. The van der Waals surface area contributed by atoms with Crippen LogP contribution < -0.4 is 10.6 Å². The molecule has 0 aromatic rings. The van der Waals surface area contributed by atoms with Crippen LogP contribution in [0.2, 0.25) is 0 Å². The summed E-state index contributed by atoms with van der Waals surface area (Å²) in [5, 5.41) is 6.06. The van der Waals surface area contributed by atoms with Gasteiger partial charge in [0.15, 0.2) is 0 Å². The van der Waals surface area contributed by atoms with Crippen molar-refractivity contribution in [1.82, 2.24) is 20.4 Å². The van der Waals surface area contributed by atoms with Gasteiger partial charge in [0, 0.05) is 39.3 Å². The van der Waals surface area contributed by atoms with E-state index in [1.54, 1.807) is 11.9 Å². The molecular weight excluding hydrogens is 220 g/mol. The average Bonchev–Trinajstić information content (AvgIpc) is 3.14. The lowest BCUT2D eigenvalue weighted by atomic mass is 10.3. The molecule has 96 valence electrons. The summed E-state index contributed by atoms with van der Waals surface area (Å²) in [6.07, 6.45) is 2.12. The monoisotopic (exact) mass is 240 g/mol. The second-order valence-corrected chi connectivity index (χ2v) is 4.71. The number of hydrogen-bond donors (Lipinski definition) is 2. The summed E-state index contributed by atoms with van der Waals surface area (Å²) in [7, 11) is 1.66. The number of amides is 3. The molecule has 2 aliphatic rings. The van der Waals surface area contributed by atoms with E-state index in [1.807, 2.05) is 0 Å². The van der Waals surface area contributed by atoms with Crippen LogP contribution in [-0.2, 0) is 4.79 Å². The smallest absolute Gasteiger partial charge is 0.317 e. The van der Waals surface area contributed by atoms with Gasteiger partial charge in [-0.05, 0) is 12.8 Å². The first-order valence-corrected chi connectivity index (χ1v) is 6.17. The maximum Gasteiger partial charge on any atom is 0.317 e. The number of carbonyl (C=O) groups is 2. The molecule has 1 heterocycles. The normalized spacial score (nSPS) is 19.9. The molecular formula is C11H20N4O2. The van der Waals surface area contributed by atoms with E-state index >= 15 is 0 Å². The van der Waals surface area contributed by atoms with Crippen LogP contribution in [0.1, 0.15) is 12.8 Å². The molecule has 0 atom stereocenters. The number of likely N-dealkylation sites (N-methyl/N-ethyl adjacent to an activating group) is 1. The van der Waals surface area contributed by atoms with Crippen molar-refractivity contribution in [3.8, 4) is 0 Å². The fourth-order valence-corrected chi connectivity index (χ4v) is 1.80. The van der Waals surface area contributed by atoms with Gasteiger partial charge in [-0.25, -0.2) is 4.79 Å². The van der Waals surface area contributed by atoms with Crippen molar-refractivity contribution in [3.63, 3.8) is 0 Å². The highest BCUT2D eigenvalue weighted by Gasteiger charge is 2.26. The summed E-state index contributed by atoms with van der Waals surface area (Å²) in [6, 6.07) is 0.190. The minimum atomic E-state index is -0.143. The maximum absolute atomic E-state index is 11.9. The van der Waals surface area contributed by atoms with Gasteiger partial charge in [0.25, 0.3) is 0 Å². The van der Waals surface area contributed by atoms with Gasteiger partial charge in [-0.2, -0.15) is 0 Å². The van der Waals surface area contributed by atoms with Crippen LogP contribution in [-0.4, -0.2) is 67.6 Å². The van der Waals surface area contributed by atoms with Crippen molar-refractivity contribution in [2.45, 2.75) is 18.9 Å². The summed E-state index contributed by atoms with van der Waals surface area (Å²) in [4.78, 5) is 26.8. The Morgan fingerprint density at radius 1 is 1.35 bits per heavy atom. The number of rotatable bonds is 3. The van der Waals surface area contributed by atoms with Gasteiger partial charge in [-0.15, -0.1) is 0 Å². The molecule has 2 rings (SSSR count). The van der Waals surface area contributed by atoms with Gasteiger partial charge in [-0.3, -0.25) is 4.79 Å². The molecule has 1 aliphatic heterocycles. The van der Waals surface area contributed by atoms with Gasteiger partial charge < -0.3 is 20.4 Å². The zero-order chi connectivity index (χ0) is 12.3. The Labute approximate surface area is 101 Å². The first-order chi connectivity index (χ1) is 8.16. The number of piperazine rings is 1. The fraction of sp³-hybridized carbons (Fsp3) is 0.818. The second kappa shape index (κ2) is 5.35. The van der Waals surface area contributed by atoms with Crippen molar-refractivity contribution in [2.75, 3.05) is 39.8 Å². The number of urea groups is 1. The highest BCUT2D eigenvalue weighted by molar-refractivity contribution is 5.84. The van der Waals surface area contributed by atoms with Crippen LogP contribution >= 0.6 is 0 Å². The van der Waals surface area contributed by atoms with Gasteiger partial charge in [0.05, 0.1) is 0 Å². The van der Waals surface area contributed by atoms with E-state index in [0.717, 1.165) is 39.0 Å². The van der Waals surface area contributed by atoms with E-state index in [0.29, 0.717) is 6.04 Å². The zero-order valence-electron chi connectivity index (χ0n) is 10.2. The Morgan fingerprint density at radius 3 is 2.59 bits per heavy atom. The minimum Gasteiger partial charge on any atom is -0.339 e. The number of hydrogen-bond acceptors (Lipinski definition) is 3. The van der Waals surface area contributed by atoms with Crippen molar-refractivity contribution < 1.29 is 9.59 Å². The highest BCUT2D eigenvalue weighted by atomic mass is 16.2. The molecule has 0 unspecified atom stereocenters. The molecule has 0 aromatic heterocycles. The lowest BCUT2D eigenvalue weighted by Crippen LogP contribution is -2.51. The third kappa shape index (κ3) is 3.59. The lowest BCUT2D eigenvalue weighted by Gasteiger charge is -2.29. The Kier molecular flexibility index (Phi) is 3.83. The molecule has 0 aromatic carbocycles. The molecule has 0 spiro atoms. The average molecular weight is 240 g/mol. The molecule has 6 heteroatoms. The molecule has 2 N–H and O–H groups in total. The van der Waals surface area contributed by atoms with Crippen LogP contribution in [0.4, 0.5) is 4.79 Å². The third-order valence-corrected chi connectivity index (χ3v) is 3.09. The maximum atomic E-state index is 11.9. The van der Waals surface area contributed by atoms with Crippen molar-refractivity contribution in [2.24, 2.45) is 0 Å². The van der Waals surface area contributed by atoms with E-state index in [9.17, 15) is 9.59 Å². The van der Waals surface area contributed by atoms with Crippen LogP contribution in [0.25, 0.3) is 0 Å². The topological polar surface area (TPSA) is 64.7 Å². The second-order valence-electron chi connectivity index (χ2n) is 4.71. The van der Waals surface area contributed by atoms with E-state index in [4.69, 9.17) is 0 Å². The Hall–Kier alpha value is -1.30. The predicted octanol–water partition coefficient (Wildman–Crippen LogP) is -0.778. The molecule has 2 fully saturated rings. The van der Waals surface area contributed by atoms with E-state index in [1.165, 1.54) is 4.90 Å². The third-order valence-electron chi connectivity index (χ3n) is 3.09. The molecule has 6 nitrogen and oxygen atoms in total. The van der Waals surface area contributed by atoms with Crippen LogP contribution in [0, 0.1) is 0 Å². The predicted molar refractivity (Wildman–Crippen MR) is 63.6 cm³/mol. The van der Waals surface area contributed by atoms with Crippen molar-refractivity contribution in [3.05, 3.63) is 0 Å². The summed E-state index contributed by atoms with van der Waals surface area (Å²) in [6.45, 7) is 3.31. The molecule has 0 radical (unpaired) electrons. The Bertz CT molecular complexity index is 298. The molecule has 3 amide bonds. The largest absolute Gasteiger partial charge is 0.339 e. The Balaban J connectivity index is 1.73. The SMILES string of the molecule is CN(CC(=O)N1CCNCC1)C(=O)NC1CC1. The van der Waals surface area contributed by atoms with Gasteiger partial charge in [0.2, 0.25) is 5.91 Å². The molecule has 1 aliphatic carbocycles. The first-order valence-electron chi connectivity index (χ1n) is 6.17. The quantitative estimate of drug-likeness (QED) is 0.680. The molecule has 0 bridgehead atoms. The summed E-state index contributed by atoms with van der Waals surface area (Å²) in [5.74, 6) is 0.0277. The molecule has 17 heavy (non-hydrogen) atoms. The minimum absolute atomic E-state index is 0.0277. The summed E-state index contributed by atoms with van der Waals surface area (Å²) in [5.41, 5.74) is 0.